The highest BCUT2D eigenvalue weighted by atomic mass is 35.5. The predicted octanol–water partition coefficient (Wildman–Crippen LogP) is 2.89. The van der Waals surface area contributed by atoms with Gasteiger partial charge in [0.15, 0.2) is 11.5 Å². The van der Waals surface area contributed by atoms with Crippen molar-refractivity contribution in [1.29, 1.82) is 0 Å². The summed E-state index contributed by atoms with van der Waals surface area (Å²) in [7, 11) is -0.908. The topological polar surface area (TPSA) is 104 Å². The average Bonchev–Trinajstić information content (AvgIpc) is 3.15. The van der Waals surface area contributed by atoms with Gasteiger partial charge in [-0.15, -0.1) is 0 Å². The van der Waals surface area contributed by atoms with Crippen molar-refractivity contribution < 1.29 is 22.4 Å². The lowest BCUT2D eigenvalue weighted by atomic mass is 10.2. The molecule has 0 unspecified atom stereocenters. The molecule has 0 bridgehead atoms. The Kier molecular flexibility index (Phi) is 5.64. The minimum atomic E-state index is -3.81. The molecule has 0 spiro atoms. The van der Waals surface area contributed by atoms with Crippen LogP contribution in [0.2, 0.25) is 5.02 Å². The van der Waals surface area contributed by atoms with E-state index in [0.29, 0.717) is 27.9 Å². The Balaban J connectivity index is 1.73. The average molecular weight is 410 g/mol. The second-order valence-electron chi connectivity index (χ2n) is 5.36. The number of halogens is 1. The SMILES string of the molecule is COc1ccc(S(=O)(=O)NCc2nc(-c3ccc(Cl)cc3)no2)cc1OC. The third-order valence-corrected chi connectivity index (χ3v) is 5.30. The molecular formula is C17H16ClN3O5S. The molecule has 0 aliphatic heterocycles. The van der Waals surface area contributed by atoms with Gasteiger partial charge in [0.25, 0.3) is 0 Å². The highest BCUT2D eigenvalue weighted by molar-refractivity contribution is 7.89. The summed E-state index contributed by atoms with van der Waals surface area (Å²) in [5, 5.41) is 4.43. The van der Waals surface area contributed by atoms with Crippen LogP contribution in [-0.2, 0) is 16.6 Å². The Hall–Kier alpha value is -2.62. The fourth-order valence-electron chi connectivity index (χ4n) is 2.27. The number of nitrogens with zero attached hydrogens (tertiary/aromatic N) is 2. The molecule has 0 fully saturated rings. The summed E-state index contributed by atoms with van der Waals surface area (Å²) >= 11 is 5.85. The summed E-state index contributed by atoms with van der Waals surface area (Å²) in [6.45, 7) is -0.155. The fraction of sp³-hybridized carbons (Fsp3) is 0.176. The van der Waals surface area contributed by atoms with Crippen LogP contribution in [0.1, 0.15) is 5.89 Å². The van der Waals surface area contributed by atoms with Crippen molar-refractivity contribution in [1.82, 2.24) is 14.9 Å². The molecule has 10 heteroatoms. The summed E-state index contributed by atoms with van der Waals surface area (Å²) in [5.41, 5.74) is 0.706. The summed E-state index contributed by atoms with van der Waals surface area (Å²) in [6, 6.07) is 11.2. The van der Waals surface area contributed by atoms with Gasteiger partial charge in [0.05, 0.1) is 25.7 Å². The zero-order chi connectivity index (χ0) is 19.4. The second kappa shape index (κ2) is 7.95. The molecule has 3 aromatic rings. The van der Waals surface area contributed by atoms with Crippen molar-refractivity contribution in [3.8, 4) is 22.9 Å². The van der Waals surface area contributed by atoms with Crippen LogP contribution in [0.15, 0.2) is 51.9 Å². The molecule has 3 rings (SSSR count). The predicted molar refractivity (Wildman–Crippen MR) is 98.3 cm³/mol. The number of ether oxygens (including phenoxy) is 2. The number of sulfonamides is 1. The van der Waals surface area contributed by atoms with E-state index >= 15 is 0 Å². The standard InChI is InChI=1S/C17H16ClN3O5S/c1-24-14-8-7-13(9-15(14)25-2)27(22,23)19-10-16-20-17(21-26-16)11-3-5-12(18)6-4-11/h3-9,19H,10H2,1-2H3. The Labute approximate surface area is 161 Å². The van der Waals surface area contributed by atoms with Gasteiger partial charge in [-0.1, -0.05) is 16.8 Å². The zero-order valence-electron chi connectivity index (χ0n) is 14.5. The zero-order valence-corrected chi connectivity index (χ0v) is 16.0. The van der Waals surface area contributed by atoms with Crippen LogP contribution < -0.4 is 14.2 Å². The van der Waals surface area contributed by atoms with E-state index in [-0.39, 0.29) is 17.3 Å². The maximum absolute atomic E-state index is 12.5. The van der Waals surface area contributed by atoms with Gasteiger partial charge in [-0.2, -0.15) is 4.98 Å². The van der Waals surface area contributed by atoms with Crippen LogP contribution in [-0.4, -0.2) is 32.8 Å². The van der Waals surface area contributed by atoms with E-state index in [1.165, 1.54) is 32.4 Å². The molecule has 1 aromatic heterocycles. The third-order valence-electron chi connectivity index (χ3n) is 3.65. The monoisotopic (exact) mass is 409 g/mol. The van der Waals surface area contributed by atoms with Gasteiger partial charge in [-0.25, -0.2) is 13.1 Å². The van der Waals surface area contributed by atoms with Crippen LogP contribution in [0.4, 0.5) is 0 Å². The molecule has 1 N–H and O–H groups in total. The number of rotatable bonds is 7. The lowest BCUT2D eigenvalue weighted by molar-refractivity contribution is 0.353. The van der Waals surface area contributed by atoms with Gasteiger partial charge in [-0.3, -0.25) is 0 Å². The molecular weight excluding hydrogens is 394 g/mol. The summed E-state index contributed by atoms with van der Waals surface area (Å²) in [6.07, 6.45) is 0. The van der Waals surface area contributed by atoms with Gasteiger partial charge in [0.2, 0.25) is 21.7 Å². The third kappa shape index (κ3) is 4.38. The Morgan fingerprint density at radius 3 is 2.44 bits per heavy atom. The number of hydrogen-bond acceptors (Lipinski definition) is 7. The van der Waals surface area contributed by atoms with E-state index in [2.05, 4.69) is 14.9 Å². The molecule has 142 valence electrons. The van der Waals surface area contributed by atoms with Gasteiger partial charge in [-0.05, 0) is 36.4 Å². The first kappa shape index (κ1) is 19.2. The van der Waals surface area contributed by atoms with Gasteiger partial charge >= 0.3 is 0 Å². The quantitative estimate of drug-likeness (QED) is 0.639. The van der Waals surface area contributed by atoms with E-state index in [1.807, 2.05) is 0 Å². The van der Waals surface area contributed by atoms with E-state index in [1.54, 1.807) is 24.3 Å². The van der Waals surface area contributed by atoms with Crippen molar-refractivity contribution >= 4 is 21.6 Å². The van der Waals surface area contributed by atoms with Crippen molar-refractivity contribution in [2.75, 3.05) is 14.2 Å². The number of benzene rings is 2. The number of nitrogens with one attached hydrogen (secondary N) is 1. The molecule has 0 saturated carbocycles. The summed E-state index contributed by atoms with van der Waals surface area (Å²) < 4.78 is 42.7. The first-order valence-electron chi connectivity index (χ1n) is 7.73. The van der Waals surface area contributed by atoms with Gasteiger partial charge in [0.1, 0.15) is 0 Å². The van der Waals surface area contributed by atoms with Crippen molar-refractivity contribution in [3.05, 3.63) is 53.4 Å². The number of methoxy groups -OCH3 is 2. The van der Waals surface area contributed by atoms with Crippen molar-refractivity contribution in [2.45, 2.75) is 11.4 Å². The maximum atomic E-state index is 12.5. The maximum Gasteiger partial charge on any atom is 0.242 e. The number of aromatic nitrogens is 2. The highest BCUT2D eigenvalue weighted by Crippen LogP contribution is 2.29. The van der Waals surface area contributed by atoms with Crippen LogP contribution >= 0.6 is 11.6 Å². The highest BCUT2D eigenvalue weighted by Gasteiger charge is 2.18. The summed E-state index contributed by atoms with van der Waals surface area (Å²) in [5.74, 6) is 1.21. The Morgan fingerprint density at radius 1 is 1.07 bits per heavy atom. The lowest BCUT2D eigenvalue weighted by Crippen LogP contribution is -2.23. The molecule has 0 amide bonds. The van der Waals surface area contributed by atoms with Crippen molar-refractivity contribution in [2.24, 2.45) is 0 Å². The lowest BCUT2D eigenvalue weighted by Gasteiger charge is -2.10. The molecule has 1 heterocycles. The Morgan fingerprint density at radius 2 is 1.78 bits per heavy atom. The molecule has 0 saturated heterocycles. The molecule has 0 aliphatic rings. The first-order chi connectivity index (χ1) is 12.9. The largest absolute Gasteiger partial charge is 0.493 e. The van der Waals surface area contributed by atoms with E-state index in [0.717, 1.165) is 0 Å². The molecule has 0 aliphatic carbocycles. The van der Waals surface area contributed by atoms with E-state index in [4.69, 9.17) is 25.6 Å². The van der Waals surface area contributed by atoms with E-state index < -0.39 is 10.0 Å². The minimum absolute atomic E-state index is 0.0255. The van der Waals surface area contributed by atoms with Crippen LogP contribution in [0.3, 0.4) is 0 Å². The van der Waals surface area contributed by atoms with E-state index in [9.17, 15) is 8.42 Å². The minimum Gasteiger partial charge on any atom is -0.493 e. The van der Waals surface area contributed by atoms with Gasteiger partial charge < -0.3 is 14.0 Å². The Bertz CT molecular complexity index is 1030. The van der Waals surface area contributed by atoms with Gasteiger partial charge in [0, 0.05) is 16.7 Å². The molecule has 27 heavy (non-hydrogen) atoms. The first-order valence-corrected chi connectivity index (χ1v) is 9.59. The van der Waals surface area contributed by atoms with Crippen molar-refractivity contribution in [3.63, 3.8) is 0 Å². The smallest absolute Gasteiger partial charge is 0.242 e. The van der Waals surface area contributed by atoms with Crippen LogP contribution in [0.25, 0.3) is 11.4 Å². The van der Waals surface area contributed by atoms with Crippen LogP contribution in [0, 0.1) is 0 Å². The summed E-state index contributed by atoms with van der Waals surface area (Å²) in [4.78, 5) is 4.20. The number of hydrogen-bond donors (Lipinski definition) is 1. The normalized spacial score (nSPS) is 11.4. The van der Waals surface area contributed by atoms with Crippen LogP contribution in [0.5, 0.6) is 11.5 Å². The second-order valence-corrected chi connectivity index (χ2v) is 7.56. The molecule has 2 aromatic carbocycles. The molecule has 0 radical (unpaired) electrons. The fourth-order valence-corrected chi connectivity index (χ4v) is 3.38. The molecule has 0 atom stereocenters. The molecule has 8 nitrogen and oxygen atoms in total.